The molecule has 9 nitrogen and oxygen atoms in total. The highest BCUT2D eigenvalue weighted by Gasteiger charge is 2.25. The number of hydrogen-bond acceptors (Lipinski definition) is 7. The Morgan fingerprint density at radius 2 is 2.19 bits per heavy atom. The maximum atomic E-state index is 12.0. The van der Waals surface area contributed by atoms with Crippen LogP contribution in [-0.2, 0) is 14.3 Å². The van der Waals surface area contributed by atoms with Gasteiger partial charge in [-0.3, -0.25) is 14.6 Å². The maximum Gasteiger partial charge on any atom is 0.252 e. The first-order valence-electron chi connectivity index (χ1n) is 9.97. The molecule has 1 aromatic rings. The molecule has 0 aliphatic carbocycles. The fourth-order valence-corrected chi connectivity index (χ4v) is 3.17. The van der Waals surface area contributed by atoms with Crippen molar-refractivity contribution in [3.8, 4) is 11.8 Å². The molecule has 0 radical (unpaired) electrons. The van der Waals surface area contributed by atoms with Crippen molar-refractivity contribution in [2.75, 3.05) is 26.3 Å². The SMILES string of the molecule is C=Nc1cc(C(N)=O)c(OC(C)C)cc1/C(=C\C)OC[C@@H]1CN(C(=O)CC#N)CCO1. The summed E-state index contributed by atoms with van der Waals surface area (Å²) in [5.74, 6) is -0.0309. The molecule has 2 N–H and O–H groups in total. The number of morpholine rings is 1. The van der Waals surface area contributed by atoms with Crippen LogP contribution in [0, 0.1) is 11.3 Å². The lowest BCUT2D eigenvalue weighted by Crippen LogP contribution is -2.47. The average molecular weight is 428 g/mol. The quantitative estimate of drug-likeness (QED) is 0.475. The monoisotopic (exact) mass is 428 g/mol. The van der Waals surface area contributed by atoms with Crippen LogP contribution in [-0.4, -0.2) is 61.9 Å². The first kappa shape index (κ1) is 23.9. The number of allylic oxidation sites excluding steroid dienone is 1. The summed E-state index contributed by atoms with van der Waals surface area (Å²) in [4.78, 5) is 29.4. The Balaban J connectivity index is 2.22. The third-order valence-electron chi connectivity index (χ3n) is 4.57. The van der Waals surface area contributed by atoms with Gasteiger partial charge in [-0.25, -0.2) is 0 Å². The number of nitrogens with zero attached hydrogens (tertiary/aromatic N) is 3. The van der Waals surface area contributed by atoms with E-state index in [0.717, 1.165) is 0 Å². The van der Waals surface area contributed by atoms with Gasteiger partial charge in [0.1, 0.15) is 30.6 Å². The molecule has 9 heteroatoms. The molecule has 0 saturated carbocycles. The van der Waals surface area contributed by atoms with Crippen LogP contribution >= 0.6 is 0 Å². The second-order valence-corrected chi connectivity index (χ2v) is 7.19. The fraction of sp³-hybridized carbons (Fsp3) is 0.455. The van der Waals surface area contributed by atoms with E-state index in [1.54, 1.807) is 24.0 Å². The highest BCUT2D eigenvalue weighted by Crippen LogP contribution is 2.34. The van der Waals surface area contributed by atoms with Gasteiger partial charge < -0.3 is 24.8 Å². The van der Waals surface area contributed by atoms with Gasteiger partial charge in [-0.1, -0.05) is 0 Å². The van der Waals surface area contributed by atoms with Crippen LogP contribution < -0.4 is 10.5 Å². The number of nitrogens with two attached hydrogens (primary N) is 1. The lowest BCUT2D eigenvalue weighted by molar-refractivity contribution is -0.139. The average Bonchev–Trinajstić information content (AvgIpc) is 2.74. The van der Waals surface area contributed by atoms with Crippen LogP contribution in [0.5, 0.6) is 5.75 Å². The van der Waals surface area contributed by atoms with Crippen molar-refractivity contribution in [2.24, 2.45) is 10.7 Å². The Kier molecular flexibility index (Phi) is 8.58. The van der Waals surface area contributed by atoms with Crippen LogP contribution in [0.2, 0.25) is 0 Å². The molecular weight excluding hydrogens is 400 g/mol. The lowest BCUT2D eigenvalue weighted by atomic mass is 10.0. The van der Waals surface area contributed by atoms with Crippen LogP contribution in [0.15, 0.2) is 23.2 Å². The number of ether oxygens (including phenoxy) is 3. The lowest BCUT2D eigenvalue weighted by Gasteiger charge is -2.32. The number of rotatable bonds is 9. The molecule has 1 saturated heterocycles. The molecule has 1 heterocycles. The van der Waals surface area contributed by atoms with Crippen LogP contribution in [0.1, 0.15) is 43.1 Å². The fourth-order valence-electron chi connectivity index (χ4n) is 3.17. The van der Waals surface area contributed by atoms with Crippen LogP contribution in [0.25, 0.3) is 5.76 Å². The van der Waals surface area contributed by atoms with Crippen molar-refractivity contribution >= 4 is 30.0 Å². The minimum atomic E-state index is -0.632. The van der Waals surface area contributed by atoms with E-state index in [9.17, 15) is 9.59 Å². The highest BCUT2D eigenvalue weighted by molar-refractivity contribution is 5.97. The smallest absolute Gasteiger partial charge is 0.252 e. The zero-order chi connectivity index (χ0) is 23.0. The zero-order valence-electron chi connectivity index (χ0n) is 18.1. The number of primary amides is 1. The Morgan fingerprint density at radius 3 is 2.77 bits per heavy atom. The molecule has 1 aliphatic rings. The van der Waals surface area contributed by atoms with E-state index in [0.29, 0.717) is 42.5 Å². The molecule has 0 bridgehead atoms. The summed E-state index contributed by atoms with van der Waals surface area (Å²) in [6, 6.07) is 5.05. The van der Waals surface area contributed by atoms with E-state index in [4.69, 9.17) is 25.2 Å². The van der Waals surface area contributed by atoms with Crippen LogP contribution in [0.3, 0.4) is 0 Å². The Morgan fingerprint density at radius 1 is 1.45 bits per heavy atom. The second-order valence-electron chi connectivity index (χ2n) is 7.19. The predicted octanol–water partition coefficient (Wildman–Crippen LogP) is 2.42. The summed E-state index contributed by atoms with van der Waals surface area (Å²) in [6.45, 7) is 10.4. The first-order chi connectivity index (χ1) is 14.8. The zero-order valence-corrected chi connectivity index (χ0v) is 18.1. The standard InChI is InChI=1S/C22H28N4O5/c1-5-19(30-13-15-12-26(8-9-29-15)21(27)6-7-23)16-11-20(31-14(2)3)17(22(24)28)10-18(16)25-4/h5,10-11,14-15H,4,6,8-9,12-13H2,1-3H3,(H2,24,28)/b19-5+/t15-/m0/s1. The number of nitriles is 1. The minimum absolute atomic E-state index is 0.160. The van der Waals surface area contributed by atoms with E-state index >= 15 is 0 Å². The normalized spacial score (nSPS) is 16.5. The predicted molar refractivity (Wildman–Crippen MR) is 116 cm³/mol. The molecule has 0 spiro atoms. The van der Waals surface area contributed by atoms with Crippen molar-refractivity contribution in [3.05, 3.63) is 29.3 Å². The summed E-state index contributed by atoms with van der Waals surface area (Å²) in [7, 11) is 0. The Hall–Kier alpha value is -3.38. The minimum Gasteiger partial charge on any atom is -0.490 e. The van der Waals surface area contributed by atoms with E-state index < -0.39 is 5.91 Å². The highest BCUT2D eigenvalue weighted by atomic mass is 16.5. The van der Waals surface area contributed by atoms with E-state index in [-0.39, 0.29) is 36.7 Å². The second kappa shape index (κ2) is 11.1. The first-order valence-corrected chi connectivity index (χ1v) is 9.97. The summed E-state index contributed by atoms with van der Waals surface area (Å²) >= 11 is 0. The molecule has 1 aromatic carbocycles. The largest absolute Gasteiger partial charge is 0.490 e. The summed E-state index contributed by atoms with van der Waals surface area (Å²) in [6.07, 6.45) is 1.08. The van der Waals surface area contributed by atoms with E-state index in [1.165, 1.54) is 6.07 Å². The molecule has 31 heavy (non-hydrogen) atoms. The third-order valence-corrected chi connectivity index (χ3v) is 4.57. The molecule has 1 fully saturated rings. The number of carbonyl (C=O) groups is 2. The van der Waals surface area contributed by atoms with E-state index in [1.807, 2.05) is 19.9 Å². The number of benzene rings is 1. The molecule has 166 valence electrons. The molecule has 0 aromatic heterocycles. The van der Waals surface area contributed by atoms with Crippen molar-refractivity contribution in [1.29, 1.82) is 5.26 Å². The number of carbonyl (C=O) groups excluding carboxylic acids is 2. The Bertz CT molecular complexity index is 904. The van der Waals surface area contributed by atoms with Gasteiger partial charge in [-0.05, 0) is 45.7 Å². The topological polar surface area (TPSA) is 127 Å². The molecule has 1 aliphatic heterocycles. The van der Waals surface area contributed by atoms with Gasteiger partial charge in [0.05, 0.1) is 36.6 Å². The van der Waals surface area contributed by atoms with Gasteiger partial charge in [0.25, 0.3) is 5.91 Å². The molecule has 1 atom stereocenters. The molecule has 2 amide bonds. The number of hydrogen-bond donors (Lipinski definition) is 1. The van der Waals surface area contributed by atoms with Crippen molar-refractivity contribution in [1.82, 2.24) is 4.90 Å². The van der Waals surface area contributed by atoms with E-state index in [2.05, 4.69) is 11.7 Å². The van der Waals surface area contributed by atoms with Crippen LogP contribution in [0.4, 0.5) is 5.69 Å². The maximum absolute atomic E-state index is 12.0. The van der Waals surface area contributed by atoms with Crippen molar-refractivity contribution < 1.29 is 23.8 Å². The molecule has 2 rings (SSSR count). The number of amides is 2. The summed E-state index contributed by atoms with van der Waals surface area (Å²) in [5.41, 5.74) is 6.71. The number of aliphatic imine (C=N–C) groups is 1. The van der Waals surface area contributed by atoms with Gasteiger partial charge in [-0.2, -0.15) is 5.26 Å². The van der Waals surface area contributed by atoms with Gasteiger partial charge in [0.15, 0.2) is 0 Å². The van der Waals surface area contributed by atoms with Gasteiger partial charge in [0.2, 0.25) is 5.91 Å². The van der Waals surface area contributed by atoms with Gasteiger partial charge in [-0.15, -0.1) is 0 Å². The summed E-state index contributed by atoms with van der Waals surface area (Å²) < 4.78 is 17.4. The summed E-state index contributed by atoms with van der Waals surface area (Å²) in [5, 5.41) is 8.73. The van der Waals surface area contributed by atoms with Crippen molar-refractivity contribution in [2.45, 2.75) is 39.4 Å². The Labute approximate surface area is 182 Å². The molecule has 0 unspecified atom stereocenters. The van der Waals surface area contributed by atoms with Crippen molar-refractivity contribution in [3.63, 3.8) is 0 Å². The van der Waals surface area contributed by atoms with Gasteiger partial charge >= 0.3 is 0 Å². The third kappa shape index (κ3) is 6.30. The molecular formula is C22H28N4O5. The van der Waals surface area contributed by atoms with Gasteiger partial charge in [0, 0.05) is 12.1 Å².